The molecule has 128 valence electrons. The highest BCUT2D eigenvalue weighted by Gasteiger charge is 2.19. The van der Waals surface area contributed by atoms with E-state index in [0.717, 1.165) is 22.5 Å². The first-order valence-electron chi connectivity index (χ1n) is 8.00. The Kier molecular flexibility index (Phi) is 4.73. The van der Waals surface area contributed by atoms with E-state index >= 15 is 0 Å². The molecule has 0 aliphatic rings. The highest BCUT2D eigenvalue weighted by molar-refractivity contribution is 6.46. The van der Waals surface area contributed by atoms with E-state index < -0.39 is 0 Å². The lowest BCUT2D eigenvalue weighted by Crippen LogP contribution is -1.86. The minimum atomic E-state index is 0.382. The summed E-state index contributed by atoms with van der Waals surface area (Å²) in [6.45, 7) is 0. The van der Waals surface area contributed by atoms with Crippen LogP contribution in [0.25, 0.3) is 33.9 Å². The number of benzene rings is 3. The lowest BCUT2D eigenvalue weighted by Gasteiger charge is -2.05. The van der Waals surface area contributed by atoms with Gasteiger partial charge in [0.1, 0.15) is 5.82 Å². The quantitative estimate of drug-likeness (QED) is 0.358. The number of imidazole rings is 1. The smallest absolute Gasteiger partial charge is 0.141 e. The van der Waals surface area contributed by atoms with Crippen molar-refractivity contribution in [2.75, 3.05) is 0 Å². The van der Waals surface area contributed by atoms with E-state index in [9.17, 15) is 0 Å². The fraction of sp³-hybridized carbons (Fsp3) is 0. The van der Waals surface area contributed by atoms with Crippen molar-refractivity contribution in [1.29, 1.82) is 0 Å². The van der Waals surface area contributed by atoms with E-state index in [2.05, 4.69) is 4.98 Å². The highest BCUT2D eigenvalue weighted by Crippen LogP contribution is 2.40. The second kappa shape index (κ2) is 7.16. The van der Waals surface area contributed by atoms with Gasteiger partial charge in [-0.3, -0.25) is 0 Å². The first kappa shape index (κ1) is 17.2. The molecule has 0 bridgehead atoms. The van der Waals surface area contributed by atoms with E-state index in [1.165, 1.54) is 0 Å². The van der Waals surface area contributed by atoms with Crippen molar-refractivity contribution in [3.63, 3.8) is 0 Å². The molecule has 0 fully saturated rings. The van der Waals surface area contributed by atoms with Crippen molar-refractivity contribution in [2.45, 2.75) is 0 Å². The Balaban J connectivity index is 1.97. The summed E-state index contributed by atoms with van der Waals surface area (Å²) >= 11 is 19.0. The molecule has 0 aliphatic heterocycles. The molecule has 26 heavy (non-hydrogen) atoms. The van der Waals surface area contributed by atoms with Crippen molar-refractivity contribution in [3.8, 4) is 33.9 Å². The Bertz CT molecular complexity index is 1000. The second-order valence-corrected chi connectivity index (χ2v) is 6.95. The van der Waals surface area contributed by atoms with Crippen LogP contribution in [0.4, 0.5) is 0 Å². The van der Waals surface area contributed by atoms with Gasteiger partial charge in [-0.05, 0) is 12.1 Å². The average molecular weight is 400 g/mol. The summed E-state index contributed by atoms with van der Waals surface area (Å²) in [6, 6.07) is 23.4. The van der Waals surface area contributed by atoms with E-state index in [4.69, 9.17) is 39.8 Å². The van der Waals surface area contributed by atoms with Gasteiger partial charge in [0.2, 0.25) is 0 Å². The normalized spacial score (nSPS) is 10.9. The van der Waals surface area contributed by atoms with Crippen LogP contribution in [0, 0.1) is 0 Å². The fourth-order valence-electron chi connectivity index (χ4n) is 2.85. The van der Waals surface area contributed by atoms with Crippen LogP contribution in [0.1, 0.15) is 0 Å². The third kappa shape index (κ3) is 3.12. The van der Waals surface area contributed by atoms with E-state index in [-0.39, 0.29) is 0 Å². The van der Waals surface area contributed by atoms with E-state index in [0.29, 0.717) is 26.5 Å². The number of rotatable bonds is 3. The second-order valence-electron chi connectivity index (χ2n) is 5.76. The van der Waals surface area contributed by atoms with Crippen molar-refractivity contribution in [3.05, 3.63) is 87.9 Å². The Labute approximate surface area is 166 Å². The standard InChI is InChI=1S/C21H13Cl3N2/c22-15-11-12-16(23)18(24)17(15)21-25-19(13-7-3-1-4-8-13)20(26-21)14-9-5-2-6-10-14/h1-12H,(H,25,26). The molecular formula is C21H13Cl3N2. The van der Waals surface area contributed by atoms with Gasteiger partial charge in [0, 0.05) is 11.1 Å². The summed E-state index contributed by atoms with van der Waals surface area (Å²) in [7, 11) is 0. The minimum Gasteiger partial charge on any atom is -0.337 e. The summed E-state index contributed by atoms with van der Waals surface area (Å²) in [5.41, 5.74) is 4.36. The minimum absolute atomic E-state index is 0.382. The van der Waals surface area contributed by atoms with E-state index in [1.54, 1.807) is 12.1 Å². The van der Waals surface area contributed by atoms with Gasteiger partial charge in [0.25, 0.3) is 0 Å². The van der Waals surface area contributed by atoms with Crippen molar-refractivity contribution in [1.82, 2.24) is 9.97 Å². The number of aromatic amines is 1. The summed E-state index contributed by atoms with van der Waals surface area (Å²) in [6.07, 6.45) is 0. The van der Waals surface area contributed by atoms with Gasteiger partial charge in [0.15, 0.2) is 0 Å². The molecule has 1 N–H and O–H groups in total. The van der Waals surface area contributed by atoms with E-state index in [1.807, 2.05) is 60.7 Å². The zero-order chi connectivity index (χ0) is 18.1. The molecule has 0 spiro atoms. The topological polar surface area (TPSA) is 28.7 Å². The van der Waals surface area contributed by atoms with Crippen LogP contribution in [0.2, 0.25) is 15.1 Å². The van der Waals surface area contributed by atoms with Gasteiger partial charge in [-0.15, -0.1) is 0 Å². The molecule has 3 aromatic carbocycles. The predicted molar refractivity (Wildman–Crippen MR) is 110 cm³/mol. The molecule has 0 unspecified atom stereocenters. The molecule has 0 aliphatic carbocycles. The molecule has 0 amide bonds. The van der Waals surface area contributed by atoms with Crippen LogP contribution in [-0.4, -0.2) is 9.97 Å². The van der Waals surface area contributed by atoms with Crippen LogP contribution in [0.15, 0.2) is 72.8 Å². The molecule has 0 radical (unpaired) electrons. The largest absolute Gasteiger partial charge is 0.337 e. The number of hydrogen-bond acceptors (Lipinski definition) is 1. The molecule has 5 heteroatoms. The third-order valence-electron chi connectivity index (χ3n) is 4.09. The van der Waals surface area contributed by atoms with Gasteiger partial charge < -0.3 is 4.98 Å². The Morgan fingerprint density at radius 2 is 1.23 bits per heavy atom. The lowest BCUT2D eigenvalue weighted by atomic mass is 10.1. The molecule has 2 nitrogen and oxygen atoms in total. The molecule has 0 saturated carbocycles. The number of H-pyrrole nitrogens is 1. The van der Waals surface area contributed by atoms with Crippen LogP contribution >= 0.6 is 34.8 Å². The maximum atomic E-state index is 6.41. The van der Waals surface area contributed by atoms with Gasteiger partial charge >= 0.3 is 0 Å². The summed E-state index contributed by atoms with van der Waals surface area (Å²) in [4.78, 5) is 8.19. The fourth-order valence-corrected chi connectivity index (χ4v) is 3.56. The number of hydrogen-bond donors (Lipinski definition) is 1. The first-order chi connectivity index (χ1) is 12.6. The monoisotopic (exact) mass is 398 g/mol. The zero-order valence-corrected chi connectivity index (χ0v) is 15.8. The molecule has 4 rings (SSSR count). The van der Waals surface area contributed by atoms with Gasteiger partial charge in [-0.1, -0.05) is 95.5 Å². The van der Waals surface area contributed by atoms with Crippen LogP contribution < -0.4 is 0 Å². The maximum Gasteiger partial charge on any atom is 0.141 e. The molecule has 1 heterocycles. The van der Waals surface area contributed by atoms with Crippen LogP contribution in [0.5, 0.6) is 0 Å². The van der Waals surface area contributed by atoms with Crippen molar-refractivity contribution >= 4 is 34.8 Å². The summed E-state index contributed by atoms with van der Waals surface area (Å²) < 4.78 is 0. The molecule has 0 saturated heterocycles. The molecule has 0 atom stereocenters. The van der Waals surface area contributed by atoms with Gasteiger partial charge in [-0.25, -0.2) is 4.98 Å². The maximum absolute atomic E-state index is 6.41. The number of aromatic nitrogens is 2. The summed E-state index contributed by atoms with van der Waals surface area (Å²) in [5, 5.41) is 1.31. The Morgan fingerprint density at radius 1 is 0.654 bits per heavy atom. The first-order valence-corrected chi connectivity index (χ1v) is 9.13. The number of nitrogens with one attached hydrogen (secondary N) is 1. The summed E-state index contributed by atoms with van der Waals surface area (Å²) in [5.74, 6) is 0.584. The van der Waals surface area contributed by atoms with Crippen molar-refractivity contribution < 1.29 is 0 Å². The predicted octanol–water partition coefficient (Wildman–Crippen LogP) is 7.37. The number of nitrogens with zero attached hydrogens (tertiary/aromatic N) is 1. The SMILES string of the molecule is Clc1ccc(Cl)c(-c2nc(-c3ccccc3)c(-c3ccccc3)[nH]2)c1Cl. The highest BCUT2D eigenvalue weighted by atomic mass is 35.5. The van der Waals surface area contributed by atoms with Gasteiger partial charge in [-0.2, -0.15) is 0 Å². The molecule has 4 aromatic rings. The molecule has 1 aromatic heterocycles. The zero-order valence-electron chi connectivity index (χ0n) is 13.5. The average Bonchev–Trinajstić information content (AvgIpc) is 3.11. The molecular weight excluding hydrogens is 387 g/mol. The Hall–Kier alpha value is -2.26. The lowest BCUT2D eigenvalue weighted by molar-refractivity contribution is 1.31. The number of halogens is 3. The van der Waals surface area contributed by atoms with Crippen LogP contribution in [0.3, 0.4) is 0 Å². The van der Waals surface area contributed by atoms with Crippen molar-refractivity contribution in [2.24, 2.45) is 0 Å². The van der Waals surface area contributed by atoms with Crippen LogP contribution in [-0.2, 0) is 0 Å². The Morgan fingerprint density at radius 3 is 1.88 bits per heavy atom. The van der Waals surface area contributed by atoms with Gasteiger partial charge in [0.05, 0.1) is 32.0 Å². The third-order valence-corrected chi connectivity index (χ3v) is 5.21.